The van der Waals surface area contributed by atoms with E-state index in [1.165, 1.54) is 0 Å². The van der Waals surface area contributed by atoms with Gasteiger partial charge in [-0.2, -0.15) is 0 Å². The van der Waals surface area contributed by atoms with Crippen LogP contribution in [0.4, 0.5) is 0 Å². The van der Waals surface area contributed by atoms with Crippen molar-refractivity contribution in [3.63, 3.8) is 0 Å². The molecule has 0 heterocycles. The summed E-state index contributed by atoms with van der Waals surface area (Å²) in [6, 6.07) is 7.30. The molecule has 0 aliphatic carbocycles. The van der Waals surface area contributed by atoms with E-state index in [9.17, 15) is 9.00 Å². The van der Waals surface area contributed by atoms with Gasteiger partial charge in [-0.3, -0.25) is 9.00 Å². The highest BCUT2D eigenvalue weighted by Crippen LogP contribution is 2.14. The van der Waals surface area contributed by atoms with Crippen molar-refractivity contribution in [2.45, 2.75) is 12.7 Å². The van der Waals surface area contributed by atoms with E-state index in [0.717, 1.165) is 5.56 Å². The van der Waals surface area contributed by atoms with Crippen LogP contribution in [0.5, 0.6) is 5.75 Å². The molecule has 1 N–H and O–H groups in total. The van der Waals surface area contributed by atoms with Crippen LogP contribution in [-0.4, -0.2) is 28.1 Å². The van der Waals surface area contributed by atoms with E-state index in [0.29, 0.717) is 11.5 Å². The molecule has 1 aromatic rings. The second-order valence-corrected chi connectivity index (χ2v) is 5.34. The molecule has 94 valence electrons. The van der Waals surface area contributed by atoms with Gasteiger partial charge in [0.1, 0.15) is 5.75 Å². The Hall–Kier alpha value is -1.36. The Morgan fingerprint density at radius 1 is 1.53 bits per heavy atom. The van der Waals surface area contributed by atoms with Crippen molar-refractivity contribution in [3.8, 4) is 5.75 Å². The van der Waals surface area contributed by atoms with Crippen molar-refractivity contribution in [2.24, 2.45) is 5.92 Å². The molecule has 2 atom stereocenters. The lowest BCUT2D eigenvalue weighted by molar-refractivity contribution is -0.140. The third-order valence-corrected chi connectivity index (χ3v) is 3.85. The van der Waals surface area contributed by atoms with Gasteiger partial charge in [0, 0.05) is 22.3 Å². The number of methoxy groups -OCH3 is 1. The minimum atomic E-state index is -1.17. The number of carboxylic acid groups (broad SMARTS) is 1. The van der Waals surface area contributed by atoms with Crippen LogP contribution in [0.3, 0.4) is 0 Å². The molecule has 5 heteroatoms. The van der Waals surface area contributed by atoms with Crippen molar-refractivity contribution in [2.75, 3.05) is 12.9 Å². The summed E-state index contributed by atoms with van der Waals surface area (Å²) in [6.07, 6.45) is 0. The zero-order chi connectivity index (χ0) is 12.8. The molecule has 0 aromatic heterocycles. The van der Waals surface area contributed by atoms with Crippen molar-refractivity contribution in [1.82, 2.24) is 0 Å². The van der Waals surface area contributed by atoms with Gasteiger partial charge in [0.15, 0.2) is 0 Å². The summed E-state index contributed by atoms with van der Waals surface area (Å²) in [6.45, 7) is 1.56. The molecule has 0 bridgehead atoms. The van der Waals surface area contributed by atoms with Gasteiger partial charge in [0.2, 0.25) is 0 Å². The molecule has 4 nitrogen and oxygen atoms in total. The van der Waals surface area contributed by atoms with Crippen LogP contribution in [-0.2, 0) is 21.3 Å². The summed E-state index contributed by atoms with van der Waals surface area (Å²) >= 11 is 0. The maximum atomic E-state index is 11.7. The predicted molar refractivity (Wildman–Crippen MR) is 66.5 cm³/mol. The molecular formula is C12H16O4S. The molecule has 0 fully saturated rings. The molecule has 0 saturated heterocycles. The van der Waals surface area contributed by atoms with Crippen molar-refractivity contribution >= 4 is 16.8 Å². The molecular weight excluding hydrogens is 240 g/mol. The topological polar surface area (TPSA) is 63.6 Å². The molecule has 0 aliphatic rings. The maximum absolute atomic E-state index is 11.7. The smallest absolute Gasteiger partial charge is 0.307 e. The largest absolute Gasteiger partial charge is 0.497 e. The minimum Gasteiger partial charge on any atom is -0.497 e. The zero-order valence-corrected chi connectivity index (χ0v) is 10.7. The quantitative estimate of drug-likeness (QED) is 0.840. The van der Waals surface area contributed by atoms with Crippen molar-refractivity contribution in [3.05, 3.63) is 29.8 Å². The second kappa shape index (κ2) is 6.39. The van der Waals surface area contributed by atoms with E-state index in [4.69, 9.17) is 9.84 Å². The minimum absolute atomic E-state index is 0.173. The fraction of sp³-hybridized carbons (Fsp3) is 0.417. The van der Waals surface area contributed by atoms with Gasteiger partial charge in [-0.1, -0.05) is 19.1 Å². The van der Waals surface area contributed by atoms with Gasteiger partial charge >= 0.3 is 5.97 Å². The highest BCUT2D eigenvalue weighted by molar-refractivity contribution is 7.84. The number of hydrogen-bond donors (Lipinski definition) is 1. The Bertz CT molecular complexity index is 417. The van der Waals surface area contributed by atoms with Gasteiger partial charge in [-0.25, -0.2) is 0 Å². The predicted octanol–water partition coefficient (Wildman–Crippen LogP) is 1.66. The van der Waals surface area contributed by atoms with Crippen LogP contribution < -0.4 is 4.74 Å². The molecule has 17 heavy (non-hydrogen) atoms. The SMILES string of the molecule is COc1cccc(CS(=O)CC(C)C(=O)O)c1. The van der Waals surface area contributed by atoms with Crippen LogP contribution in [0, 0.1) is 5.92 Å². The van der Waals surface area contributed by atoms with Crippen LogP contribution in [0.15, 0.2) is 24.3 Å². The van der Waals surface area contributed by atoms with E-state index in [1.807, 2.05) is 24.3 Å². The Morgan fingerprint density at radius 3 is 2.82 bits per heavy atom. The first kappa shape index (κ1) is 13.7. The zero-order valence-electron chi connectivity index (χ0n) is 9.88. The molecule has 0 spiro atoms. The van der Waals surface area contributed by atoms with E-state index < -0.39 is 22.7 Å². The van der Waals surface area contributed by atoms with Crippen LogP contribution in [0.2, 0.25) is 0 Å². The molecule has 0 amide bonds. The van der Waals surface area contributed by atoms with E-state index >= 15 is 0 Å². The van der Waals surface area contributed by atoms with Crippen molar-refractivity contribution < 1.29 is 18.8 Å². The fourth-order valence-corrected chi connectivity index (χ4v) is 2.73. The Kier molecular flexibility index (Phi) is 5.15. The van der Waals surface area contributed by atoms with Crippen LogP contribution in [0.25, 0.3) is 0 Å². The lowest BCUT2D eigenvalue weighted by atomic mass is 10.2. The molecule has 0 aliphatic heterocycles. The average molecular weight is 256 g/mol. The molecule has 1 rings (SSSR count). The molecule has 2 unspecified atom stereocenters. The maximum Gasteiger partial charge on any atom is 0.307 e. The van der Waals surface area contributed by atoms with E-state index in [1.54, 1.807) is 14.0 Å². The number of benzene rings is 1. The van der Waals surface area contributed by atoms with Crippen molar-refractivity contribution in [1.29, 1.82) is 0 Å². The first-order chi connectivity index (χ1) is 8.02. The summed E-state index contributed by atoms with van der Waals surface area (Å²) in [5.41, 5.74) is 0.889. The van der Waals surface area contributed by atoms with Crippen LogP contribution in [0.1, 0.15) is 12.5 Å². The molecule has 0 radical (unpaired) electrons. The standard InChI is InChI=1S/C12H16O4S/c1-9(12(13)14)7-17(15)8-10-4-3-5-11(6-10)16-2/h3-6,9H,7-8H2,1-2H3,(H,13,14). The van der Waals surface area contributed by atoms with E-state index in [-0.39, 0.29) is 5.75 Å². The third-order valence-electron chi connectivity index (χ3n) is 2.32. The second-order valence-electron chi connectivity index (χ2n) is 3.84. The Labute approximate surface area is 103 Å². The van der Waals surface area contributed by atoms with Gasteiger partial charge in [-0.05, 0) is 17.7 Å². The van der Waals surface area contributed by atoms with Gasteiger partial charge in [-0.15, -0.1) is 0 Å². The molecule has 1 aromatic carbocycles. The summed E-state index contributed by atoms with van der Waals surface area (Å²) in [7, 11) is 0.404. The lowest BCUT2D eigenvalue weighted by Gasteiger charge is -2.07. The van der Waals surface area contributed by atoms with Gasteiger partial charge in [0.05, 0.1) is 13.0 Å². The first-order valence-electron chi connectivity index (χ1n) is 5.23. The Morgan fingerprint density at radius 2 is 2.24 bits per heavy atom. The van der Waals surface area contributed by atoms with Gasteiger partial charge in [0.25, 0.3) is 0 Å². The average Bonchev–Trinajstić information content (AvgIpc) is 2.28. The molecule has 0 saturated carbocycles. The fourth-order valence-electron chi connectivity index (χ4n) is 1.36. The Balaban J connectivity index is 2.58. The third kappa shape index (κ3) is 4.56. The normalized spacial score (nSPS) is 14.0. The number of hydrogen-bond acceptors (Lipinski definition) is 3. The highest BCUT2D eigenvalue weighted by Gasteiger charge is 2.15. The number of carboxylic acids is 1. The summed E-state index contributed by atoms with van der Waals surface area (Å²) < 4.78 is 16.8. The summed E-state index contributed by atoms with van der Waals surface area (Å²) in [4.78, 5) is 10.6. The monoisotopic (exact) mass is 256 g/mol. The summed E-state index contributed by atoms with van der Waals surface area (Å²) in [5.74, 6) is -0.252. The number of rotatable bonds is 6. The number of carbonyl (C=O) groups is 1. The number of ether oxygens (including phenoxy) is 1. The van der Waals surface area contributed by atoms with Gasteiger partial charge < -0.3 is 9.84 Å². The van der Waals surface area contributed by atoms with Crippen LogP contribution >= 0.6 is 0 Å². The first-order valence-corrected chi connectivity index (χ1v) is 6.72. The lowest BCUT2D eigenvalue weighted by Crippen LogP contribution is -2.18. The highest BCUT2D eigenvalue weighted by atomic mass is 32.2. The van der Waals surface area contributed by atoms with E-state index in [2.05, 4.69) is 0 Å². The summed E-state index contributed by atoms with van der Waals surface area (Å²) in [5, 5.41) is 8.72. The number of aliphatic carboxylic acids is 1.